The van der Waals surface area contributed by atoms with Crippen LogP contribution in [0.25, 0.3) is 10.2 Å². The molecule has 0 saturated carbocycles. The van der Waals surface area contributed by atoms with Crippen molar-refractivity contribution in [3.05, 3.63) is 54.1 Å². The van der Waals surface area contributed by atoms with Crippen LogP contribution in [0.2, 0.25) is 0 Å². The third-order valence-corrected chi connectivity index (χ3v) is 6.55. The molecule has 24 heavy (non-hydrogen) atoms. The summed E-state index contributed by atoms with van der Waals surface area (Å²) in [5.41, 5.74) is 2.23. The number of benzene rings is 2. The second kappa shape index (κ2) is 7.13. The van der Waals surface area contributed by atoms with Crippen LogP contribution >= 0.6 is 23.1 Å². The minimum atomic E-state index is -3.44. The van der Waals surface area contributed by atoms with Crippen molar-refractivity contribution in [2.45, 2.75) is 29.2 Å². The number of rotatable bonds is 6. The Labute approximate surface area is 150 Å². The van der Waals surface area contributed by atoms with Gasteiger partial charge in [0.25, 0.3) is 0 Å². The van der Waals surface area contributed by atoms with E-state index in [2.05, 4.69) is 23.6 Å². The molecule has 0 aliphatic heterocycles. The third-order valence-electron chi connectivity index (χ3n) is 3.18. The molecular formula is C17H18N2O2S3. The van der Waals surface area contributed by atoms with Crippen molar-refractivity contribution in [1.29, 1.82) is 0 Å². The van der Waals surface area contributed by atoms with E-state index in [0.717, 1.165) is 20.1 Å². The molecule has 1 heterocycles. The van der Waals surface area contributed by atoms with Crippen molar-refractivity contribution in [3.63, 3.8) is 0 Å². The first kappa shape index (κ1) is 17.3. The second-order valence-corrected chi connectivity index (χ2v) is 10.3. The molecule has 3 rings (SSSR count). The fourth-order valence-electron chi connectivity index (χ4n) is 2.23. The molecule has 0 aliphatic carbocycles. The van der Waals surface area contributed by atoms with Crippen molar-refractivity contribution >= 4 is 49.0 Å². The Kier molecular flexibility index (Phi) is 5.12. The average molecular weight is 379 g/mol. The fourth-order valence-corrected chi connectivity index (χ4v) is 5.75. The molecule has 0 bridgehead atoms. The van der Waals surface area contributed by atoms with Gasteiger partial charge in [0.15, 0.2) is 4.34 Å². The molecule has 2 aromatic carbocycles. The van der Waals surface area contributed by atoms with E-state index in [9.17, 15) is 8.42 Å². The predicted molar refractivity (Wildman–Crippen MR) is 103 cm³/mol. The van der Waals surface area contributed by atoms with Gasteiger partial charge < -0.3 is 0 Å². The molecule has 0 amide bonds. The van der Waals surface area contributed by atoms with Gasteiger partial charge >= 0.3 is 0 Å². The zero-order valence-corrected chi connectivity index (χ0v) is 15.8. The van der Waals surface area contributed by atoms with Crippen LogP contribution in [0.1, 0.15) is 19.4 Å². The first-order valence-corrected chi connectivity index (χ1v) is 10.9. The number of nitrogens with zero attached hydrogens (tertiary/aromatic N) is 1. The summed E-state index contributed by atoms with van der Waals surface area (Å²) in [5, 5.41) is 0.467. The van der Waals surface area contributed by atoms with Gasteiger partial charge in [0.1, 0.15) is 0 Å². The lowest BCUT2D eigenvalue weighted by Gasteiger charge is -2.08. The number of thiazole rings is 1. The lowest BCUT2D eigenvalue weighted by molar-refractivity contribution is 0.600. The molecule has 0 aliphatic rings. The summed E-state index contributed by atoms with van der Waals surface area (Å²) in [6.07, 6.45) is 0. The van der Waals surface area contributed by atoms with Crippen LogP contribution in [0.4, 0.5) is 5.69 Å². The monoisotopic (exact) mass is 378 g/mol. The minimum absolute atomic E-state index is 0.0387. The molecule has 1 aromatic heterocycles. The average Bonchev–Trinajstić information content (AvgIpc) is 2.87. The summed E-state index contributed by atoms with van der Waals surface area (Å²) in [6.45, 7) is 4.25. The number of anilines is 1. The molecule has 0 saturated heterocycles. The quantitative estimate of drug-likeness (QED) is 0.630. The van der Waals surface area contributed by atoms with Crippen LogP contribution in [0.3, 0.4) is 0 Å². The summed E-state index contributed by atoms with van der Waals surface area (Å²) in [5.74, 6) is -0.0387. The van der Waals surface area contributed by atoms with Crippen LogP contribution in [-0.4, -0.2) is 18.7 Å². The minimum Gasteiger partial charge on any atom is -0.283 e. The molecule has 1 N–H and O–H groups in total. The molecule has 126 valence electrons. The smallest absolute Gasteiger partial charge is 0.236 e. The molecule has 7 heteroatoms. The molecule has 0 spiro atoms. The number of aromatic nitrogens is 1. The van der Waals surface area contributed by atoms with Crippen LogP contribution in [0, 0.1) is 0 Å². The number of hydrogen-bond acceptors (Lipinski definition) is 5. The Hall–Kier alpha value is -1.57. The highest BCUT2D eigenvalue weighted by molar-refractivity contribution is 8.01. The highest BCUT2D eigenvalue weighted by Crippen LogP contribution is 2.33. The molecule has 4 nitrogen and oxygen atoms in total. The van der Waals surface area contributed by atoms with Crippen LogP contribution in [0.15, 0.2) is 52.9 Å². The van der Waals surface area contributed by atoms with E-state index in [4.69, 9.17) is 0 Å². The number of hydrogen-bond donors (Lipinski definition) is 1. The van der Waals surface area contributed by atoms with E-state index in [1.807, 2.05) is 30.3 Å². The number of sulfonamides is 1. The molecule has 0 atom stereocenters. The highest BCUT2D eigenvalue weighted by atomic mass is 32.2. The van der Waals surface area contributed by atoms with Gasteiger partial charge in [-0.1, -0.05) is 55.9 Å². The Morgan fingerprint density at radius 1 is 1.17 bits per heavy atom. The standard InChI is InChI=1S/C17H18N2O2S3/c1-12(2)22-17-18-15-9-8-14(10-16(15)23-17)19-24(20,21)11-13-6-4-3-5-7-13/h3-10,12,19H,11H2,1-2H3. The van der Waals surface area contributed by atoms with Crippen LogP contribution < -0.4 is 4.72 Å². The molecule has 0 unspecified atom stereocenters. The fraction of sp³-hybridized carbons (Fsp3) is 0.235. The van der Waals surface area contributed by atoms with Crippen molar-refractivity contribution in [2.24, 2.45) is 0 Å². The predicted octanol–water partition coefficient (Wildman–Crippen LogP) is 4.74. The normalized spacial score (nSPS) is 12.0. The molecule has 0 radical (unpaired) electrons. The van der Waals surface area contributed by atoms with E-state index < -0.39 is 10.0 Å². The lowest BCUT2D eigenvalue weighted by Crippen LogP contribution is -2.14. The van der Waals surface area contributed by atoms with Gasteiger partial charge in [-0.2, -0.15) is 0 Å². The Morgan fingerprint density at radius 3 is 2.62 bits per heavy atom. The zero-order valence-electron chi connectivity index (χ0n) is 13.4. The van der Waals surface area contributed by atoms with Gasteiger partial charge in [0.05, 0.1) is 21.7 Å². The van der Waals surface area contributed by atoms with E-state index >= 15 is 0 Å². The van der Waals surface area contributed by atoms with Crippen molar-refractivity contribution in [3.8, 4) is 0 Å². The van der Waals surface area contributed by atoms with Crippen molar-refractivity contribution in [1.82, 2.24) is 4.98 Å². The van der Waals surface area contributed by atoms with E-state index in [1.165, 1.54) is 0 Å². The molecular weight excluding hydrogens is 360 g/mol. The maximum Gasteiger partial charge on any atom is 0.236 e. The number of fused-ring (bicyclic) bond motifs is 1. The van der Waals surface area contributed by atoms with Gasteiger partial charge in [0.2, 0.25) is 10.0 Å². The SMILES string of the molecule is CC(C)Sc1nc2ccc(NS(=O)(=O)Cc3ccccc3)cc2s1. The maximum atomic E-state index is 12.3. The Morgan fingerprint density at radius 2 is 1.92 bits per heavy atom. The van der Waals surface area contributed by atoms with Crippen LogP contribution in [-0.2, 0) is 15.8 Å². The van der Waals surface area contributed by atoms with Gasteiger partial charge in [-0.05, 0) is 23.8 Å². The van der Waals surface area contributed by atoms with E-state index in [1.54, 1.807) is 41.3 Å². The highest BCUT2D eigenvalue weighted by Gasteiger charge is 2.13. The first-order valence-electron chi connectivity index (χ1n) is 7.53. The Balaban J connectivity index is 1.79. The van der Waals surface area contributed by atoms with E-state index in [-0.39, 0.29) is 5.75 Å². The number of thioether (sulfide) groups is 1. The summed E-state index contributed by atoms with van der Waals surface area (Å²) >= 11 is 3.30. The summed E-state index contributed by atoms with van der Waals surface area (Å²) in [6, 6.07) is 14.6. The summed E-state index contributed by atoms with van der Waals surface area (Å²) in [7, 11) is -3.44. The molecule has 0 fully saturated rings. The second-order valence-electron chi connectivity index (χ2n) is 5.68. The molecule has 3 aromatic rings. The van der Waals surface area contributed by atoms with Gasteiger partial charge in [0, 0.05) is 5.25 Å². The van der Waals surface area contributed by atoms with Gasteiger partial charge in [-0.15, -0.1) is 11.3 Å². The van der Waals surface area contributed by atoms with Gasteiger partial charge in [-0.25, -0.2) is 13.4 Å². The largest absolute Gasteiger partial charge is 0.283 e. The van der Waals surface area contributed by atoms with Crippen LogP contribution in [0.5, 0.6) is 0 Å². The van der Waals surface area contributed by atoms with E-state index in [0.29, 0.717) is 10.9 Å². The van der Waals surface area contributed by atoms with Crippen molar-refractivity contribution in [2.75, 3.05) is 4.72 Å². The first-order chi connectivity index (χ1) is 11.4. The van der Waals surface area contributed by atoms with Gasteiger partial charge in [-0.3, -0.25) is 4.72 Å². The number of nitrogens with one attached hydrogen (secondary N) is 1. The summed E-state index contributed by atoms with van der Waals surface area (Å²) < 4.78 is 29.3. The third kappa shape index (κ3) is 4.49. The summed E-state index contributed by atoms with van der Waals surface area (Å²) in [4.78, 5) is 4.56. The maximum absolute atomic E-state index is 12.3. The zero-order chi connectivity index (χ0) is 17.2. The van der Waals surface area contributed by atoms with Crippen molar-refractivity contribution < 1.29 is 8.42 Å². The lowest BCUT2D eigenvalue weighted by atomic mass is 10.2. The Bertz CT molecular complexity index is 935. The topological polar surface area (TPSA) is 59.1 Å².